The molecule has 0 radical (unpaired) electrons. The number of nitrogens with zero attached hydrogens (tertiary/aromatic N) is 2. The van der Waals surface area contributed by atoms with Crippen molar-refractivity contribution in [1.82, 2.24) is 4.72 Å². The van der Waals surface area contributed by atoms with E-state index >= 15 is 0 Å². The maximum absolute atomic E-state index is 13.1. The summed E-state index contributed by atoms with van der Waals surface area (Å²) in [6, 6.07) is 8.28. The summed E-state index contributed by atoms with van der Waals surface area (Å²) < 4.78 is 31.6. The molecule has 1 atom stereocenters. The molecular formula is C24H27N3O5S. The van der Waals surface area contributed by atoms with Crippen LogP contribution in [0.2, 0.25) is 0 Å². The molecule has 1 N–H and O–H groups in total. The third kappa shape index (κ3) is 5.09. The molecule has 1 unspecified atom stereocenters. The Balaban J connectivity index is 2.05. The Morgan fingerprint density at radius 1 is 1.27 bits per heavy atom. The lowest BCUT2D eigenvalue weighted by Crippen LogP contribution is -2.51. The van der Waals surface area contributed by atoms with Crippen molar-refractivity contribution in [2.45, 2.75) is 26.8 Å². The number of fused-ring (bicyclic) bond motifs is 1. The number of amides is 2. The van der Waals surface area contributed by atoms with Crippen molar-refractivity contribution in [2.75, 3.05) is 22.1 Å². The van der Waals surface area contributed by atoms with Crippen LogP contribution in [0.15, 0.2) is 72.0 Å². The number of nitrogens with one attached hydrogen (secondary N) is 1. The first kappa shape index (κ1) is 24.1. The molecule has 1 aromatic carbocycles. The van der Waals surface area contributed by atoms with Gasteiger partial charge in [-0.2, -0.15) is 0 Å². The highest BCUT2D eigenvalue weighted by Gasteiger charge is 2.35. The van der Waals surface area contributed by atoms with Gasteiger partial charge < -0.3 is 14.2 Å². The third-order valence-electron chi connectivity index (χ3n) is 5.30. The van der Waals surface area contributed by atoms with Gasteiger partial charge in [0.2, 0.25) is 15.9 Å². The number of carbonyl (C=O) groups excluding carboxylic acids is 2. The highest BCUT2D eigenvalue weighted by atomic mass is 32.2. The lowest BCUT2D eigenvalue weighted by Gasteiger charge is -2.40. The van der Waals surface area contributed by atoms with Crippen molar-refractivity contribution in [3.8, 4) is 0 Å². The molecule has 0 bridgehead atoms. The number of carbonyl (C=O) groups is 2. The van der Waals surface area contributed by atoms with Gasteiger partial charge >= 0.3 is 0 Å². The van der Waals surface area contributed by atoms with Gasteiger partial charge in [0, 0.05) is 19.2 Å². The lowest BCUT2D eigenvalue weighted by molar-refractivity contribution is -0.117. The maximum Gasteiger partial charge on any atom is 0.294 e. The average molecular weight is 470 g/mol. The number of benzene rings is 1. The molecular weight excluding hydrogens is 442 g/mol. The maximum atomic E-state index is 13.1. The van der Waals surface area contributed by atoms with Crippen LogP contribution in [0, 0.1) is 0 Å². The van der Waals surface area contributed by atoms with Crippen molar-refractivity contribution in [2.24, 2.45) is 0 Å². The topological polar surface area (TPSA) is 99.9 Å². The summed E-state index contributed by atoms with van der Waals surface area (Å²) in [6.45, 7) is 12.9. The van der Waals surface area contributed by atoms with Gasteiger partial charge in [0.05, 0.1) is 29.4 Å². The second kappa shape index (κ2) is 9.50. The van der Waals surface area contributed by atoms with E-state index in [9.17, 15) is 18.0 Å². The first-order chi connectivity index (χ1) is 15.6. The monoisotopic (exact) mass is 469 g/mol. The SMILES string of the molecule is C=C/C(=C\C(=C)c1ccc2c(c1)N(C(=O)c1ccco1)CC(C)N2C(C)=O)NS(=O)(=O)CC. The van der Waals surface area contributed by atoms with Crippen molar-refractivity contribution >= 4 is 38.8 Å². The molecule has 9 heteroatoms. The van der Waals surface area contributed by atoms with Crippen molar-refractivity contribution in [3.05, 3.63) is 78.9 Å². The largest absolute Gasteiger partial charge is 0.459 e. The van der Waals surface area contributed by atoms with E-state index in [-0.39, 0.29) is 41.6 Å². The highest BCUT2D eigenvalue weighted by Crippen LogP contribution is 2.38. The predicted octanol–water partition coefficient (Wildman–Crippen LogP) is 3.70. The van der Waals surface area contributed by atoms with Crippen LogP contribution in [0.1, 0.15) is 36.9 Å². The van der Waals surface area contributed by atoms with Crippen molar-refractivity contribution in [1.29, 1.82) is 0 Å². The quantitative estimate of drug-likeness (QED) is 0.623. The smallest absolute Gasteiger partial charge is 0.294 e. The molecule has 0 saturated carbocycles. The van der Waals surface area contributed by atoms with Crippen LogP contribution in [0.4, 0.5) is 11.4 Å². The van der Waals surface area contributed by atoms with Gasteiger partial charge in [-0.1, -0.05) is 19.2 Å². The molecule has 1 aliphatic heterocycles. The standard InChI is InChI=1S/C24H27N3O5S/c1-6-20(25-33(30,31)7-2)13-16(3)19-10-11-21-22(14-19)26(15-17(4)27(21)18(5)28)24(29)23-9-8-12-32-23/h6,8-14,17,25H,1,3,7,15H2,2,4-5H3/b20-13+. The van der Waals surface area contributed by atoms with Gasteiger partial charge in [-0.15, -0.1) is 0 Å². The first-order valence-electron chi connectivity index (χ1n) is 10.4. The second-order valence-corrected chi connectivity index (χ2v) is 9.68. The van der Waals surface area contributed by atoms with Gasteiger partial charge in [0.25, 0.3) is 5.91 Å². The van der Waals surface area contributed by atoms with Gasteiger partial charge in [-0.05, 0) is 61.4 Å². The molecule has 174 valence electrons. The van der Waals surface area contributed by atoms with E-state index in [4.69, 9.17) is 4.42 Å². The summed E-state index contributed by atoms with van der Waals surface area (Å²) >= 11 is 0. The number of anilines is 2. The molecule has 1 aliphatic rings. The number of rotatable bonds is 7. The van der Waals surface area contributed by atoms with Crippen molar-refractivity contribution < 1.29 is 22.4 Å². The molecule has 1 aromatic heterocycles. The van der Waals surface area contributed by atoms with Crippen LogP contribution >= 0.6 is 0 Å². The Kier molecular flexibility index (Phi) is 6.92. The fraction of sp³-hybridized carbons (Fsp3) is 0.250. The minimum absolute atomic E-state index is 0.0770. The average Bonchev–Trinajstić information content (AvgIpc) is 3.31. The minimum Gasteiger partial charge on any atom is -0.459 e. The summed E-state index contributed by atoms with van der Waals surface area (Å²) in [5.74, 6) is -0.344. The summed E-state index contributed by atoms with van der Waals surface area (Å²) in [6.07, 6.45) is 4.39. The summed E-state index contributed by atoms with van der Waals surface area (Å²) in [5.41, 5.74) is 2.56. The molecule has 33 heavy (non-hydrogen) atoms. The molecule has 2 aromatic rings. The normalized spacial score (nSPS) is 16.2. The number of furan rings is 1. The Hall–Kier alpha value is -3.59. The second-order valence-electron chi connectivity index (χ2n) is 7.67. The van der Waals surface area contributed by atoms with Crippen LogP contribution in [0.3, 0.4) is 0 Å². The Labute approximate surface area is 193 Å². The Morgan fingerprint density at radius 3 is 2.58 bits per heavy atom. The zero-order valence-corrected chi connectivity index (χ0v) is 19.7. The van der Waals surface area contributed by atoms with E-state index in [1.807, 2.05) is 6.92 Å². The van der Waals surface area contributed by atoms with Crippen LogP contribution in [0.5, 0.6) is 0 Å². The predicted molar refractivity (Wildman–Crippen MR) is 129 cm³/mol. The van der Waals surface area contributed by atoms with Gasteiger partial charge in [-0.3, -0.25) is 14.3 Å². The van der Waals surface area contributed by atoms with Gasteiger partial charge in [0.15, 0.2) is 5.76 Å². The molecule has 0 aliphatic carbocycles. The molecule has 0 fully saturated rings. The molecule has 0 spiro atoms. The van der Waals surface area contributed by atoms with E-state index in [1.54, 1.807) is 46.2 Å². The van der Waals surface area contributed by atoms with E-state index in [2.05, 4.69) is 17.9 Å². The minimum atomic E-state index is -3.48. The number of hydrogen-bond acceptors (Lipinski definition) is 5. The molecule has 0 saturated heterocycles. The summed E-state index contributed by atoms with van der Waals surface area (Å²) in [5, 5.41) is 0. The van der Waals surface area contributed by atoms with E-state index in [1.165, 1.54) is 26.2 Å². The van der Waals surface area contributed by atoms with E-state index in [0.717, 1.165) is 0 Å². The molecule has 2 amide bonds. The van der Waals surface area contributed by atoms with Crippen molar-refractivity contribution in [3.63, 3.8) is 0 Å². The van der Waals surface area contributed by atoms with Gasteiger partial charge in [-0.25, -0.2) is 8.42 Å². The van der Waals surface area contributed by atoms with E-state index < -0.39 is 10.0 Å². The van der Waals surface area contributed by atoms with Crippen LogP contribution in [-0.2, 0) is 14.8 Å². The van der Waals surface area contributed by atoms with E-state index in [0.29, 0.717) is 22.5 Å². The molecule has 3 rings (SSSR count). The Bertz CT molecular complexity index is 1230. The fourth-order valence-electron chi connectivity index (χ4n) is 3.68. The number of allylic oxidation sites excluding steroid dienone is 3. The summed E-state index contributed by atoms with van der Waals surface area (Å²) in [4.78, 5) is 28.7. The fourth-order valence-corrected chi connectivity index (χ4v) is 4.33. The molecule has 2 heterocycles. The van der Waals surface area contributed by atoms with Crippen LogP contribution < -0.4 is 14.5 Å². The third-order valence-corrected chi connectivity index (χ3v) is 6.61. The summed E-state index contributed by atoms with van der Waals surface area (Å²) in [7, 11) is -3.48. The lowest BCUT2D eigenvalue weighted by atomic mass is 10.0. The van der Waals surface area contributed by atoms with Crippen LogP contribution in [-0.4, -0.2) is 38.6 Å². The highest BCUT2D eigenvalue weighted by molar-refractivity contribution is 7.89. The zero-order valence-electron chi connectivity index (χ0n) is 18.9. The zero-order chi connectivity index (χ0) is 24.3. The first-order valence-corrected chi connectivity index (χ1v) is 12.1. The van der Waals surface area contributed by atoms with Gasteiger partial charge in [0.1, 0.15) is 0 Å². The number of sulfonamides is 1. The Morgan fingerprint density at radius 2 is 2.00 bits per heavy atom. The molecule has 8 nitrogen and oxygen atoms in total. The van der Waals surface area contributed by atoms with Crippen LogP contribution in [0.25, 0.3) is 5.57 Å². The number of hydrogen-bond donors (Lipinski definition) is 1.